The van der Waals surface area contributed by atoms with Crippen LogP contribution in [0.1, 0.15) is 39.6 Å². The van der Waals surface area contributed by atoms with Crippen LogP contribution in [0, 0.1) is 13.8 Å². The number of rotatable bonds is 5. The molecular weight excluding hydrogens is 384 g/mol. The fourth-order valence-electron chi connectivity index (χ4n) is 3.83. The Morgan fingerprint density at radius 1 is 1.31 bits per heavy atom. The molecule has 7 heteroatoms. The lowest BCUT2D eigenvalue weighted by Crippen LogP contribution is -2.29. The summed E-state index contributed by atoms with van der Waals surface area (Å²) < 4.78 is 5.48. The summed E-state index contributed by atoms with van der Waals surface area (Å²) in [7, 11) is 1.61. The lowest BCUT2D eigenvalue weighted by atomic mass is 10.0. The number of hydrogen-bond acceptors (Lipinski definition) is 6. The molecule has 0 bridgehead atoms. The average Bonchev–Trinajstić information content (AvgIpc) is 3.39. The van der Waals surface area contributed by atoms with Crippen LogP contribution in [0.5, 0.6) is 5.75 Å². The zero-order chi connectivity index (χ0) is 20.4. The van der Waals surface area contributed by atoms with E-state index in [0.29, 0.717) is 24.4 Å². The smallest absolute Gasteiger partial charge is 0.257 e. The van der Waals surface area contributed by atoms with Gasteiger partial charge in [0.05, 0.1) is 12.7 Å². The van der Waals surface area contributed by atoms with E-state index in [2.05, 4.69) is 16.4 Å². The van der Waals surface area contributed by atoms with Crippen molar-refractivity contribution >= 4 is 28.1 Å². The highest BCUT2D eigenvalue weighted by Gasteiger charge is 2.30. The molecular formula is C22H24N4O2S. The topological polar surface area (TPSA) is 67.3 Å². The number of carbonyl (C=O) groups is 1. The standard InChI is InChI=1S/C22H24N4O2S/c1-14-5-4-6-18(20(14)28-3)21(27)26-9-7-16(13-26)19-12-17(11-15(2)24-19)25-22-23-8-10-29-22/h4-6,8,10-12,16H,7,9,13H2,1-3H3,(H,23,24,25)/t16-/m1/s1. The van der Waals surface area contributed by atoms with Crippen LogP contribution in [0.2, 0.25) is 0 Å². The lowest BCUT2D eigenvalue weighted by Gasteiger charge is -2.19. The van der Waals surface area contributed by atoms with Gasteiger partial charge in [-0.25, -0.2) is 4.98 Å². The van der Waals surface area contributed by atoms with Crippen LogP contribution in [0.25, 0.3) is 0 Å². The quantitative estimate of drug-likeness (QED) is 0.671. The van der Waals surface area contributed by atoms with Crippen LogP contribution in [-0.2, 0) is 0 Å². The van der Waals surface area contributed by atoms with Gasteiger partial charge in [0.2, 0.25) is 0 Å². The van der Waals surface area contributed by atoms with Crippen molar-refractivity contribution in [3.63, 3.8) is 0 Å². The highest BCUT2D eigenvalue weighted by molar-refractivity contribution is 7.13. The van der Waals surface area contributed by atoms with Crippen LogP contribution in [0.4, 0.5) is 10.8 Å². The minimum Gasteiger partial charge on any atom is -0.496 e. The Morgan fingerprint density at radius 3 is 2.93 bits per heavy atom. The van der Waals surface area contributed by atoms with Gasteiger partial charge in [-0.05, 0) is 44.0 Å². The molecule has 0 saturated carbocycles. The Balaban J connectivity index is 1.52. The number of nitrogens with zero attached hydrogens (tertiary/aromatic N) is 3. The van der Waals surface area contributed by atoms with Gasteiger partial charge in [-0.15, -0.1) is 11.3 Å². The van der Waals surface area contributed by atoms with Crippen molar-refractivity contribution in [3.8, 4) is 5.75 Å². The van der Waals surface area contributed by atoms with Gasteiger partial charge in [0.15, 0.2) is 5.13 Å². The first-order chi connectivity index (χ1) is 14.0. The molecule has 1 fully saturated rings. The molecule has 1 aliphatic rings. The second kappa shape index (κ2) is 8.21. The highest BCUT2D eigenvalue weighted by atomic mass is 32.1. The molecule has 3 heterocycles. The maximum atomic E-state index is 13.1. The molecule has 1 amide bonds. The number of aryl methyl sites for hydroxylation is 2. The first kappa shape index (κ1) is 19.4. The van der Waals surface area contributed by atoms with Gasteiger partial charge in [-0.1, -0.05) is 12.1 Å². The van der Waals surface area contributed by atoms with E-state index in [-0.39, 0.29) is 11.8 Å². The Labute approximate surface area is 174 Å². The van der Waals surface area contributed by atoms with Gasteiger partial charge in [0.1, 0.15) is 5.75 Å². The van der Waals surface area contributed by atoms with Crippen molar-refractivity contribution in [2.75, 3.05) is 25.5 Å². The normalized spacial score (nSPS) is 16.1. The molecule has 6 nitrogen and oxygen atoms in total. The van der Waals surface area contributed by atoms with Crippen LogP contribution >= 0.6 is 11.3 Å². The van der Waals surface area contributed by atoms with Gasteiger partial charge in [0.25, 0.3) is 5.91 Å². The third-order valence-corrected chi connectivity index (χ3v) is 5.89. The molecule has 1 saturated heterocycles. The number of ether oxygens (including phenoxy) is 1. The molecule has 4 rings (SSSR count). The zero-order valence-electron chi connectivity index (χ0n) is 16.8. The monoisotopic (exact) mass is 408 g/mol. The molecule has 1 aromatic carbocycles. The Hall–Kier alpha value is -2.93. The number of benzene rings is 1. The van der Waals surface area contributed by atoms with E-state index in [1.54, 1.807) is 24.6 Å². The molecule has 3 aromatic rings. The number of amides is 1. The largest absolute Gasteiger partial charge is 0.496 e. The summed E-state index contributed by atoms with van der Waals surface area (Å²) in [6.45, 7) is 5.32. The molecule has 1 atom stereocenters. The number of hydrogen-bond donors (Lipinski definition) is 1. The second-order valence-electron chi connectivity index (χ2n) is 7.28. The summed E-state index contributed by atoms with van der Waals surface area (Å²) in [6, 6.07) is 9.77. The summed E-state index contributed by atoms with van der Waals surface area (Å²) in [5.74, 6) is 0.887. The fourth-order valence-corrected chi connectivity index (χ4v) is 4.38. The van der Waals surface area contributed by atoms with Crippen molar-refractivity contribution in [2.24, 2.45) is 0 Å². The molecule has 0 radical (unpaired) electrons. The summed E-state index contributed by atoms with van der Waals surface area (Å²) in [5.41, 5.74) is 4.53. The number of likely N-dealkylation sites (tertiary alicyclic amines) is 1. The number of aromatic nitrogens is 2. The van der Waals surface area contributed by atoms with Crippen molar-refractivity contribution in [2.45, 2.75) is 26.2 Å². The molecule has 150 valence electrons. The van der Waals surface area contributed by atoms with E-state index in [1.807, 2.05) is 48.4 Å². The van der Waals surface area contributed by atoms with Crippen molar-refractivity contribution in [3.05, 3.63) is 64.4 Å². The van der Waals surface area contributed by atoms with Crippen molar-refractivity contribution in [1.82, 2.24) is 14.9 Å². The lowest BCUT2D eigenvalue weighted by molar-refractivity contribution is 0.0787. The predicted octanol–water partition coefficient (Wildman–Crippen LogP) is 4.54. The Morgan fingerprint density at radius 2 is 2.17 bits per heavy atom. The Bertz CT molecular complexity index is 1020. The summed E-state index contributed by atoms with van der Waals surface area (Å²) in [6.07, 6.45) is 2.68. The highest BCUT2D eigenvalue weighted by Crippen LogP contribution is 2.32. The molecule has 0 unspecified atom stereocenters. The number of thiazole rings is 1. The fraction of sp³-hybridized carbons (Fsp3) is 0.318. The molecule has 0 spiro atoms. The van der Waals surface area contributed by atoms with E-state index in [1.165, 1.54) is 0 Å². The van der Waals surface area contributed by atoms with Crippen molar-refractivity contribution in [1.29, 1.82) is 0 Å². The first-order valence-corrected chi connectivity index (χ1v) is 10.5. The SMILES string of the molecule is COc1c(C)cccc1C(=O)N1CC[C@@H](c2cc(Nc3nccs3)cc(C)n2)C1. The van der Waals surface area contributed by atoms with E-state index >= 15 is 0 Å². The minimum atomic E-state index is 0.0156. The predicted molar refractivity (Wildman–Crippen MR) is 115 cm³/mol. The van der Waals surface area contributed by atoms with Crippen LogP contribution < -0.4 is 10.1 Å². The summed E-state index contributed by atoms with van der Waals surface area (Å²) >= 11 is 1.56. The van der Waals surface area contributed by atoms with E-state index < -0.39 is 0 Å². The summed E-state index contributed by atoms with van der Waals surface area (Å²) in [4.78, 5) is 24.0. The van der Waals surface area contributed by atoms with Gasteiger partial charge in [-0.2, -0.15) is 0 Å². The molecule has 1 N–H and O–H groups in total. The van der Waals surface area contributed by atoms with Gasteiger partial charge < -0.3 is 15.0 Å². The maximum Gasteiger partial charge on any atom is 0.257 e. The third kappa shape index (κ3) is 4.10. The Kier molecular flexibility index (Phi) is 5.49. The zero-order valence-corrected chi connectivity index (χ0v) is 17.6. The van der Waals surface area contributed by atoms with E-state index in [0.717, 1.165) is 34.2 Å². The number of para-hydroxylation sites is 1. The number of methoxy groups -OCH3 is 1. The van der Waals surface area contributed by atoms with E-state index in [9.17, 15) is 4.79 Å². The van der Waals surface area contributed by atoms with E-state index in [4.69, 9.17) is 9.72 Å². The van der Waals surface area contributed by atoms with Gasteiger partial charge in [0, 0.05) is 47.7 Å². The third-order valence-electron chi connectivity index (χ3n) is 5.20. The molecule has 1 aliphatic heterocycles. The van der Waals surface area contributed by atoms with Crippen LogP contribution in [0.3, 0.4) is 0 Å². The van der Waals surface area contributed by atoms with Crippen LogP contribution in [-0.4, -0.2) is 41.0 Å². The number of anilines is 2. The molecule has 2 aromatic heterocycles. The number of pyridine rings is 1. The van der Waals surface area contributed by atoms with Crippen molar-refractivity contribution < 1.29 is 9.53 Å². The van der Waals surface area contributed by atoms with Gasteiger partial charge >= 0.3 is 0 Å². The first-order valence-electron chi connectivity index (χ1n) is 9.63. The minimum absolute atomic E-state index is 0.0156. The molecule has 0 aliphatic carbocycles. The second-order valence-corrected chi connectivity index (χ2v) is 8.17. The average molecular weight is 409 g/mol. The maximum absolute atomic E-state index is 13.1. The number of nitrogens with one attached hydrogen (secondary N) is 1. The summed E-state index contributed by atoms with van der Waals surface area (Å²) in [5, 5.41) is 6.14. The number of carbonyl (C=O) groups excluding carboxylic acids is 1. The van der Waals surface area contributed by atoms with Gasteiger partial charge in [-0.3, -0.25) is 9.78 Å². The molecule has 29 heavy (non-hydrogen) atoms. The van der Waals surface area contributed by atoms with Crippen LogP contribution in [0.15, 0.2) is 41.9 Å².